The predicted molar refractivity (Wildman–Crippen MR) is 461 cm³/mol. The SMILES string of the molecule is CC[C@H](C)[C@H](NC(=O)[C@H](CCCCN)NC(=O)[C@H](CC(=O)O)NC(=O)CNC(=O)CS)C(=O)N[C@@H](Cc1ccccc1)C(=O)NCC(=O)N[C@@H](CO)C(=O)N[C@@H](CC(C)C)C(=O)N[C@@H](C)C(=O)N[C@@H](Cc1ccccc1)C(=O)N[C@@H](CC(C)C)C(=O)N1CCC[C@H]1C(=O)N[C@@H](CC(=O)O)C(=O)N[C@H](C(=O)N[C@@H](CCCNC(=N)N)C(=O)N1CCC[C@H]1C(N)=O)[C@@H](C)O.[99Tc]. The Bertz CT molecular complexity index is 4140. The van der Waals surface area contributed by atoms with E-state index in [2.05, 4.69) is 92.4 Å². The van der Waals surface area contributed by atoms with E-state index in [9.17, 15) is 112 Å². The fraction of sp³-hybridized carbons (Fsp3) is 0.610. The monoisotopic (exact) mass is 1900 g/mol. The Hall–Kier alpha value is -11.5. The number of hydrogen-bond acceptors (Lipinski definition) is 24. The first-order valence-corrected chi connectivity index (χ1v) is 42.9. The number of carbonyl (C=O) groups is 19. The standard InChI is InChI=1S/C82H127N21O23S.Tc/c1-9-45(6)66(100-71(116)50(25-16-17-29-83)93-74(119)55(37-64(109)110)91-61(106)39-88-63(108)42-127)78(123)98-53(35-48-21-12-10-13-22-48)70(115)89-40-62(107)92-58(41-104)76(121)96-52(33-43(2)3)72(117)90-46(7)69(114)95-54(36-49-23-14-11-15-24-49)73(118)99-57(34-44(4)5)81(126)103-32-20-28-60(103)77(122)97-56(38-65(111)112)75(120)101-67(47(8)105)79(124)94-51(26-18-30-87-82(85)86)80(125)102-31-19-27-59(102)68(84)113;/h10-15,21-24,43-47,50-60,66-67,104-105,127H,9,16-20,25-42,83H2,1-8H3,(H2,84,113)(H,88,108)(H,89,115)(H,90,117)(H,91,106)(H,92,107)(H,93,119)(H,94,124)(H,95,114)(H,96,121)(H,97,122)(H,98,123)(H,99,118)(H,100,116)(H,101,120)(H,109,110)(H,111,112)(H4,85,86,87);/t45-,46-,47+,50-,51-,52-,53-,54-,55-,56-,57-,58-,59-,60-,66-,67-;/m0./s1/i;1+1. The van der Waals surface area contributed by atoms with Crippen LogP contribution in [0.1, 0.15) is 156 Å². The van der Waals surface area contributed by atoms with E-state index in [-0.39, 0.29) is 147 Å². The molecule has 711 valence electrons. The molecule has 0 aliphatic carbocycles. The van der Waals surface area contributed by atoms with Crippen LogP contribution >= 0.6 is 12.6 Å². The van der Waals surface area contributed by atoms with Crippen LogP contribution in [-0.2, 0) is 124 Å². The number of carboxylic acids is 2. The topological polar surface area (TPSA) is 694 Å². The fourth-order valence-electron chi connectivity index (χ4n) is 14.0. The van der Waals surface area contributed by atoms with Gasteiger partial charge in [0.1, 0.15) is 84.6 Å². The molecule has 2 aliphatic heterocycles. The number of nitrogens with zero attached hydrogens (tertiary/aromatic N) is 2. The molecule has 2 aliphatic rings. The second-order valence-corrected chi connectivity index (χ2v) is 32.5. The van der Waals surface area contributed by atoms with Crippen molar-refractivity contribution in [3.8, 4) is 0 Å². The maximum atomic E-state index is 14.9. The molecular weight excluding hydrogens is 1780 g/mol. The number of likely N-dealkylation sites (tertiary alicyclic amines) is 2. The first-order valence-electron chi connectivity index (χ1n) is 42.3. The average molecular weight is 1910 g/mol. The van der Waals surface area contributed by atoms with Gasteiger partial charge in [0.15, 0.2) is 5.96 Å². The molecule has 16 atom stereocenters. The predicted octanol–water partition coefficient (Wildman–Crippen LogP) is -6.21. The van der Waals surface area contributed by atoms with Crippen molar-refractivity contribution in [2.45, 2.75) is 249 Å². The first-order chi connectivity index (χ1) is 60.0. The number of carboxylic acid groups (broad SMARTS) is 2. The van der Waals surface area contributed by atoms with Crippen LogP contribution in [0.2, 0.25) is 0 Å². The van der Waals surface area contributed by atoms with Crippen molar-refractivity contribution in [1.29, 1.82) is 5.41 Å². The van der Waals surface area contributed by atoms with Gasteiger partial charge in [-0.15, -0.1) is 0 Å². The van der Waals surface area contributed by atoms with Gasteiger partial charge in [-0.25, -0.2) is 0 Å². The Morgan fingerprint density at radius 1 is 0.469 bits per heavy atom. The molecule has 26 N–H and O–H groups in total. The molecule has 46 heteroatoms. The molecule has 2 heterocycles. The number of rotatable bonds is 55. The van der Waals surface area contributed by atoms with Crippen molar-refractivity contribution in [2.24, 2.45) is 35.0 Å². The summed E-state index contributed by atoms with van der Waals surface area (Å²) in [6.07, 6.45) is -2.50. The number of primary amides is 1. The van der Waals surface area contributed by atoms with Crippen molar-refractivity contribution < 1.29 is 132 Å². The Kier molecular flexibility index (Phi) is 49.0. The number of guanidine groups is 1. The second-order valence-electron chi connectivity index (χ2n) is 32.2. The molecule has 2 saturated heterocycles. The largest absolute Gasteiger partial charge is 0.481 e. The molecule has 1 radical (unpaired) electrons. The number of thiol groups is 1. The molecule has 128 heavy (non-hydrogen) atoms. The number of nitrogens with two attached hydrogens (primary N) is 3. The quantitative estimate of drug-likeness (QED) is 0.0127. The zero-order valence-corrected chi connectivity index (χ0v) is 75.9. The van der Waals surface area contributed by atoms with E-state index in [4.69, 9.17) is 22.6 Å². The summed E-state index contributed by atoms with van der Waals surface area (Å²) in [7, 11) is 0. The van der Waals surface area contributed by atoms with E-state index >= 15 is 0 Å². The van der Waals surface area contributed by atoms with Crippen LogP contribution in [0.25, 0.3) is 0 Å². The van der Waals surface area contributed by atoms with E-state index < -0.39 is 242 Å². The molecular formula is C82H127N21O23STc. The normalized spacial score (nSPS) is 16.7. The van der Waals surface area contributed by atoms with Crippen LogP contribution in [0.15, 0.2) is 60.7 Å². The second kappa shape index (κ2) is 56.7. The van der Waals surface area contributed by atoms with E-state index in [0.717, 1.165) is 11.8 Å². The smallest absolute Gasteiger partial charge is 0.305 e. The van der Waals surface area contributed by atoms with Crippen LogP contribution in [-0.4, -0.2) is 291 Å². The van der Waals surface area contributed by atoms with Gasteiger partial charge in [-0.1, -0.05) is 109 Å². The maximum absolute atomic E-state index is 14.9. The molecule has 17 amide bonds. The molecule has 0 unspecified atom stereocenters. The number of nitrogens with one attached hydrogen (secondary N) is 16. The van der Waals surface area contributed by atoms with Crippen LogP contribution in [0.4, 0.5) is 0 Å². The van der Waals surface area contributed by atoms with Gasteiger partial charge in [0.05, 0.1) is 44.4 Å². The third-order valence-corrected chi connectivity index (χ3v) is 21.2. The van der Waals surface area contributed by atoms with E-state index in [1.54, 1.807) is 102 Å². The molecule has 0 aromatic heterocycles. The van der Waals surface area contributed by atoms with Gasteiger partial charge in [0.25, 0.3) is 0 Å². The van der Waals surface area contributed by atoms with E-state index in [1.807, 2.05) is 0 Å². The van der Waals surface area contributed by atoms with Crippen molar-refractivity contribution in [1.82, 2.24) is 89.6 Å². The number of amides is 17. The number of unbranched alkanes of at least 4 members (excludes halogenated alkanes) is 1. The summed E-state index contributed by atoms with van der Waals surface area (Å²) < 4.78 is 0. The number of hydrogen-bond donors (Lipinski definition) is 24. The van der Waals surface area contributed by atoms with Crippen molar-refractivity contribution in [3.05, 3.63) is 71.8 Å². The van der Waals surface area contributed by atoms with Crippen molar-refractivity contribution >= 4 is 131 Å². The van der Waals surface area contributed by atoms with E-state index in [1.165, 1.54) is 11.8 Å². The van der Waals surface area contributed by atoms with Gasteiger partial charge < -0.3 is 127 Å². The molecule has 0 spiro atoms. The third-order valence-electron chi connectivity index (χ3n) is 20.9. The van der Waals surface area contributed by atoms with Crippen LogP contribution in [0.3, 0.4) is 0 Å². The molecule has 0 saturated carbocycles. The summed E-state index contributed by atoms with van der Waals surface area (Å²) in [5.74, 6) is -21.0. The molecule has 44 nitrogen and oxygen atoms in total. The molecule has 2 aromatic carbocycles. The van der Waals surface area contributed by atoms with Gasteiger partial charge >= 0.3 is 11.9 Å². The summed E-state index contributed by atoms with van der Waals surface area (Å²) in [6.45, 7) is 10.4. The van der Waals surface area contributed by atoms with Crippen LogP contribution in [0.5, 0.6) is 0 Å². The van der Waals surface area contributed by atoms with E-state index in [0.29, 0.717) is 24.0 Å². The minimum atomic E-state index is -1.95. The minimum Gasteiger partial charge on any atom is -0.481 e. The number of aliphatic hydroxyl groups is 2. The maximum Gasteiger partial charge on any atom is 0.305 e. The summed E-state index contributed by atoms with van der Waals surface area (Å²) in [4.78, 5) is 262. The Balaban J connectivity index is 0.0000422. The molecule has 0 bridgehead atoms. The Labute approximate surface area is 760 Å². The van der Waals surface area contributed by atoms with Crippen molar-refractivity contribution in [3.63, 3.8) is 0 Å². The zero-order chi connectivity index (χ0) is 94.9. The van der Waals surface area contributed by atoms with Gasteiger partial charge in [-0.05, 0) is 120 Å². The minimum absolute atomic E-state index is 0. The Morgan fingerprint density at radius 2 is 0.898 bits per heavy atom. The summed E-state index contributed by atoms with van der Waals surface area (Å²) in [6, 6.07) is -4.53. The first kappa shape index (κ1) is 111. The van der Waals surface area contributed by atoms with Gasteiger partial charge in [-0.2, -0.15) is 12.6 Å². The number of carbonyl (C=O) groups excluding carboxylic acids is 17. The number of aliphatic carboxylic acids is 2. The van der Waals surface area contributed by atoms with Gasteiger partial charge in [-0.3, -0.25) is 96.5 Å². The van der Waals surface area contributed by atoms with Gasteiger partial charge in [0.2, 0.25) is 100 Å². The summed E-state index contributed by atoms with van der Waals surface area (Å²) >= 11 is 3.82. The Morgan fingerprint density at radius 3 is 1.42 bits per heavy atom. The molecule has 4 rings (SSSR count). The number of benzene rings is 2. The number of aliphatic hydroxyl groups excluding tert-OH is 2. The van der Waals surface area contributed by atoms with Crippen LogP contribution < -0.4 is 97.0 Å². The molecule has 2 aromatic rings. The van der Waals surface area contributed by atoms with Crippen molar-refractivity contribution in [2.75, 3.05) is 51.6 Å². The zero-order valence-electron chi connectivity index (χ0n) is 73.1. The summed E-state index contributed by atoms with van der Waals surface area (Å²) in [5.41, 5.74) is 17.8. The summed E-state index contributed by atoms with van der Waals surface area (Å²) in [5, 5.41) is 85.5. The molecule has 2 fully saturated rings. The third kappa shape index (κ3) is 38.2. The van der Waals surface area contributed by atoms with Gasteiger partial charge in [0, 0.05) is 52.6 Å². The fourth-order valence-corrected chi connectivity index (χ4v) is 14.1. The van der Waals surface area contributed by atoms with Crippen LogP contribution in [0, 0.1) is 23.2 Å². The average Bonchev–Trinajstić information content (AvgIpc) is 1.58.